The van der Waals surface area contributed by atoms with Crippen molar-refractivity contribution in [2.75, 3.05) is 38.1 Å². The molecule has 0 spiro atoms. The summed E-state index contributed by atoms with van der Waals surface area (Å²) in [5.41, 5.74) is 0.0688. The number of para-hydroxylation sites is 1. The van der Waals surface area contributed by atoms with Gasteiger partial charge in [-0.1, -0.05) is 30.3 Å². The molecule has 228 valence electrons. The minimum Gasteiger partial charge on any atom is -0.395 e. The lowest BCUT2D eigenvalue weighted by molar-refractivity contribution is -0.138. The lowest BCUT2D eigenvalue weighted by Gasteiger charge is -2.33. The van der Waals surface area contributed by atoms with Crippen LogP contribution >= 0.6 is 0 Å². The SMILES string of the molecule is O=C(Nc1ccccc1F)N1CCC(n2ncc(C(=O)N3CCC(c4ccccc4C(F)(F)F)C3)c2C2(CO)CC2)CC1. The van der Waals surface area contributed by atoms with Crippen LogP contribution in [0.25, 0.3) is 0 Å². The Bertz CT molecular complexity index is 1510. The number of hydrogen-bond donors (Lipinski definition) is 2. The fourth-order valence-corrected chi connectivity index (χ4v) is 6.50. The van der Waals surface area contributed by atoms with Gasteiger partial charge in [-0.2, -0.15) is 18.3 Å². The molecule has 1 unspecified atom stereocenters. The molecule has 3 amide bonds. The van der Waals surface area contributed by atoms with Gasteiger partial charge in [0, 0.05) is 37.5 Å². The summed E-state index contributed by atoms with van der Waals surface area (Å²) >= 11 is 0. The first kappa shape index (κ1) is 29.2. The largest absolute Gasteiger partial charge is 0.416 e. The molecule has 1 aliphatic carbocycles. The number of carbonyl (C=O) groups is 2. The van der Waals surface area contributed by atoms with Gasteiger partial charge in [-0.3, -0.25) is 9.48 Å². The molecule has 3 heterocycles. The normalized spacial score (nSPS) is 20.3. The number of urea groups is 1. The van der Waals surface area contributed by atoms with Crippen LogP contribution in [0, 0.1) is 5.82 Å². The van der Waals surface area contributed by atoms with E-state index in [0.29, 0.717) is 63.0 Å². The van der Waals surface area contributed by atoms with Crippen LogP contribution in [0.5, 0.6) is 0 Å². The molecule has 1 atom stereocenters. The molecule has 0 bridgehead atoms. The number of nitrogens with one attached hydrogen (secondary N) is 1. The van der Waals surface area contributed by atoms with Gasteiger partial charge in [0.05, 0.1) is 41.4 Å². The highest BCUT2D eigenvalue weighted by Gasteiger charge is 2.50. The lowest BCUT2D eigenvalue weighted by Crippen LogP contribution is -2.42. The number of piperidine rings is 1. The van der Waals surface area contributed by atoms with E-state index in [1.807, 2.05) is 4.68 Å². The van der Waals surface area contributed by atoms with E-state index in [0.717, 1.165) is 6.07 Å². The number of aliphatic hydroxyl groups excluding tert-OH is 1. The molecule has 0 radical (unpaired) electrons. The number of aliphatic hydroxyl groups is 1. The summed E-state index contributed by atoms with van der Waals surface area (Å²) in [6, 6.07) is 11.0. The second-order valence-electron chi connectivity index (χ2n) is 11.7. The van der Waals surface area contributed by atoms with Gasteiger partial charge in [0.1, 0.15) is 5.82 Å². The van der Waals surface area contributed by atoms with Crippen LogP contribution in [0.15, 0.2) is 54.7 Å². The molecule has 2 aromatic carbocycles. The van der Waals surface area contributed by atoms with E-state index in [-0.39, 0.29) is 36.4 Å². The van der Waals surface area contributed by atoms with Crippen molar-refractivity contribution in [2.45, 2.75) is 55.7 Å². The van der Waals surface area contributed by atoms with E-state index in [4.69, 9.17) is 0 Å². The number of alkyl halides is 3. The summed E-state index contributed by atoms with van der Waals surface area (Å²) < 4.78 is 56.8. The maximum atomic E-state index is 14.0. The summed E-state index contributed by atoms with van der Waals surface area (Å²) in [5, 5.41) is 17.5. The van der Waals surface area contributed by atoms with E-state index in [1.54, 1.807) is 28.0 Å². The predicted molar refractivity (Wildman–Crippen MR) is 150 cm³/mol. The molecule has 2 N–H and O–H groups in total. The smallest absolute Gasteiger partial charge is 0.395 e. The van der Waals surface area contributed by atoms with Crippen LogP contribution in [-0.4, -0.2) is 69.4 Å². The first-order valence-corrected chi connectivity index (χ1v) is 14.6. The topological polar surface area (TPSA) is 90.7 Å². The van der Waals surface area contributed by atoms with Crippen LogP contribution < -0.4 is 5.32 Å². The quantitative estimate of drug-likeness (QED) is 0.363. The van der Waals surface area contributed by atoms with Crippen molar-refractivity contribution in [3.8, 4) is 0 Å². The van der Waals surface area contributed by atoms with Gasteiger partial charge in [0.15, 0.2) is 0 Å². The van der Waals surface area contributed by atoms with Gasteiger partial charge < -0.3 is 20.2 Å². The van der Waals surface area contributed by atoms with Crippen LogP contribution in [0.2, 0.25) is 0 Å². The van der Waals surface area contributed by atoms with Crippen LogP contribution in [0.1, 0.15) is 71.2 Å². The molecule has 43 heavy (non-hydrogen) atoms. The van der Waals surface area contributed by atoms with Gasteiger partial charge in [-0.25, -0.2) is 9.18 Å². The average Bonchev–Trinajstić information content (AvgIpc) is 3.41. The number of nitrogens with zero attached hydrogens (tertiary/aromatic N) is 4. The first-order valence-electron chi connectivity index (χ1n) is 14.6. The Kier molecular flexibility index (Phi) is 7.66. The standard InChI is InChI=1S/C31H33F4N5O3/c32-25-7-3-4-8-26(25)37-29(43)38-15-10-21(11-16-38)40-27(30(19-41)12-13-30)23(17-36-40)28(42)39-14-9-20(18-39)22-5-1-2-6-24(22)31(33,34)35/h1-8,17,20-21,41H,9-16,18-19H2,(H,37,43). The number of hydrogen-bond acceptors (Lipinski definition) is 4. The Morgan fingerprint density at radius 3 is 2.33 bits per heavy atom. The average molecular weight is 600 g/mol. The molecular weight excluding hydrogens is 566 g/mol. The van der Waals surface area contributed by atoms with E-state index < -0.39 is 34.9 Å². The fraction of sp³-hybridized carbons (Fsp3) is 0.452. The third-order valence-corrected chi connectivity index (χ3v) is 9.08. The molecule has 3 aromatic rings. The van der Waals surface area contributed by atoms with E-state index in [2.05, 4.69) is 10.4 Å². The lowest BCUT2D eigenvalue weighted by atomic mass is 9.93. The van der Waals surface area contributed by atoms with E-state index in [9.17, 15) is 32.3 Å². The Morgan fingerprint density at radius 1 is 0.977 bits per heavy atom. The van der Waals surface area contributed by atoms with Crippen molar-refractivity contribution in [1.29, 1.82) is 0 Å². The molecule has 6 rings (SSSR count). The minimum absolute atomic E-state index is 0.108. The third-order valence-electron chi connectivity index (χ3n) is 9.08. The van der Waals surface area contributed by atoms with Crippen molar-refractivity contribution in [1.82, 2.24) is 19.6 Å². The third kappa shape index (κ3) is 5.60. The van der Waals surface area contributed by atoms with Crippen molar-refractivity contribution in [3.05, 3.63) is 82.9 Å². The summed E-state index contributed by atoms with van der Waals surface area (Å²) in [6.07, 6.45) is -0.0523. The molecular formula is C31H33F4N5O3. The minimum atomic E-state index is -4.48. The van der Waals surface area contributed by atoms with Gasteiger partial charge in [-0.05, 0) is 55.9 Å². The Morgan fingerprint density at radius 2 is 1.65 bits per heavy atom. The summed E-state index contributed by atoms with van der Waals surface area (Å²) in [6.45, 7) is 1.13. The zero-order chi connectivity index (χ0) is 30.4. The monoisotopic (exact) mass is 599 g/mol. The molecule has 2 aliphatic heterocycles. The second-order valence-corrected chi connectivity index (χ2v) is 11.7. The maximum Gasteiger partial charge on any atom is 0.416 e. The van der Waals surface area contributed by atoms with Gasteiger partial charge in [0.2, 0.25) is 0 Å². The number of likely N-dealkylation sites (tertiary alicyclic amines) is 2. The molecule has 8 nitrogen and oxygen atoms in total. The number of amides is 3. The Balaban J connectivity index is 1.18. The number of carbonyl (C=O) groups excluding carboxylic acids is 2. The van der Waals surface area contributed by atoms with Crippen LogP contribution in [0.4, 0.5) is 28.0 Å². The van der Waals surface area contributed by atoms with E-state index in [1.165, 1.54) is 30.5 Å². The molecule has 1 aromatic heterocycles. The number of halogens is 4. The Labute approximate surface area is 246 Å². The maximum absolute atomic E-state index is 14.0. The van der Waals surface area contributed by atoms with Gasteiger partial charge >= 0.3 is 12.2 Å². The first-order chi connectivity index (χ1) is 20.6. The number of benzene rings is 2. The molecule has 12 heteroatoms. The molecule has 3 aliphatic rings. The summed E-state index contributed by atoms with van der Waals surface area (Å²) in [4.78, 5) is 29.8. The molecule has 1 saturated carbocycles. The van der Waals surface area contributed by atoms with Gasteiger partial charge in [-0.15, -0.1) is 0 Å². The molecule has 2 saturated heterocycles. The van der Waals surface area contributed by atoms with Gasteiger partial charge in [0.25, 0.3) is 5.91 Å². The van der Waals surface area contributed by atoms with Crippen LogP contribution in [0.3, 0.4) is 0 Å². The molecule has 3 fully saturated rings. The van der Waals surface area contributed by atoms with E-state index >= 15 is 0 Å². The number of rotatable bonds is 6. The predicted octanol–water partition coefficient (Wildman–Crippen LogP) is 5.56. The summed E-state index contributed by atoms with van der Waals surface area (Å²) in [5.74, 6) is -1.25. The van der Waals surface area contributed by atoms with Crippen molar-refractivity contribution in [2.24, 2.45) is 0 Å². The highest BCUT2D eigenvalue weighted by molar-refractivity contribution is 5.96. The highest BCUT2D eigenvalue weighted by Crippen LogP contribution is 2.50. The zero-order valence-electron chi connectivity index (χ0n) is 23.5. The van der Waals surface area contributed by atoms with Crippen molar-refractivity contribution in [3.63, 3.8) is 0 Å². The second kappa shape index (κ2) is 11.3. The van der Waals surface area contributed by atoms with Crippen molar-refractivity contribution < 1.29 is 32.3 Å². The zero-order valence-corrected chi connectivity index (χ0v) is 23.5. The van der Waals surface area contributed by atoms with Crippen LogP contribution in [-0.2, 0) is 11.6 Å². The number of anilines is 1. The van der Waals surface area contributed by atoms with Crippen molar-refractivity contribution >= 4 is 17.6 Å². The summed E-state index contributed by atoms with van der Waals surface area (Å²) in [7, 11) is 0. The number of aromatic nitrogens is 2. The highest BCUT2D eigenvalue weighted by atomic mass is 19.4. The Hall–Kier alpha value is -3.93. The fourth-order valence-electron chi connectivity index (χ4n) is 6.50.